The number of alkyl carbamates (subject to hydrolysis) is 1. The summed E-state index contributed by atoms with van der Waals surface area (Å²) in [4.78, 5) is 63.9. The third kappa shape index (κ3) is 9.63. The first-order valence-corrected chi connectivity index (χ1v) is 11.3. The van der Waals surface area contributed by atoms with Crippen LogP contribution in [0.5, 0.6) is 0 Å². The standard InChI is InChI=1S/C24H36N4O7/c1-7-12-28(22(32)17(13-18(25)29)27-23(33)35-24(3,4)5)20(16-11-9-8-10-15(16)2)21(31)26-14-19(30)34-6/h8-11,17,20H,7,12-14H2,1-6H3,(H2,25,29)(H,26,31)(H,27,33). The maximum atomic E-state index is 13.7. The molecule has 0 fully saturated rings. The van der Waals surface area contributed by atoms with Gasteiger partial charge in [0.15, 0.2) is 0 Å². The maximum absolute atomic E-state index is 13.7. The Kier molecular flexibility index (Phi) is 11.2. The number of esters is 1. The van der Waals surface area contributed by atoms with Crippen LogP contribution in [0.25, 0.3) is 0 Å². The molecule has 4 amide bonds. The number of aryl methyl sites for hydroxylation is 1. The molecule has 194 valence electrons. The molecule has 0 aliphatic rings. The molecule has 0 heterocycles. The number of carbonyl (C=O) groups excluding carboxylic acids is 5. The number of rotatable bonds is 11. The molecule has 4 N–H and O–H groups in total. The van der Waals surface area contributed by atoms with E-state index in [4.69, 9.17) is 10.5 Å². The molecule has 1 aromatic carbocycles. The zero-order valence-corrected chi connectivity index (χ0v) is 21.2. The lowest BCUT2D eigenvalue weighted by Crippen LogP contribution is -2.54. The predicted molar refractivity (Wildman–Crippen MR) is 128 cm³/mol. The molecule has 1 rings (SSSR count). The van der Waals surface area contributed by atoms with E-state index in [1.165, 1.54) is 12.0 Å². The van der Waals surface area contributed by atoms with Gasteiger partial charge in [-0.2, -0.15) is 0 Å². The molecule has 0 radical (unpaired) electrons. The van der Waals surface area contributed by atoms with Crippen molar-refractivity contribution < 1.29 is 33.4 Å². The summed E-state index contributed by atoms with van der Waals surface area (Å²) in [6.45, 7) is 8.28. The van der Waals surface area contributed by atoms with Crippen molar-refractivity contribution >= 4 is 29.8 Å². The molecule has 0 aliphatic carbocycles. The molecule has 0 saturated carbocycles. The van der Waals surface area contributed by atoms with Gasteiger partial charge in [0.1, 0.15) is 24.2 Å². The number of nitrogens with two attached hydrogens (primary N) is 1. The summed E-state index contributed by atoms with van der Waals surface area (Å²) in [5, 5.41) is 4.90. The van der Waals surface area contributed by atoms with Gasteiger partial charge in [-0.1, -0.05) is 31.2 Å². The summed E-state index contributed by atoms with van der Waals surface area (Å²) in [6.07, 6.45) is -0.937. The highest BCUT2D eigenvalue weighted by Crippen LogP contribution is 2.26. The topological polar surface area (TPSA) is 157 Å². The zero-order chi connectivity index (χ0) is 26.8. The lowest BCUT2D eigenvalue weighted by molar-refractivity contribution is -0.145. The fourth-order valence-corrected chi connectivity index (χ4v) is 3.33. The molecular weight excluding hydrogens is 456 g/mol. The first kappa shape index (κ1) is 29.4. The molecule has 0 bridgehead atoms. The summed E-state index contributed by atoms with van der Waals surface area (Å²) < 4.78 is 9.81. The number of nitrogens with zero attached hydrogens (tertiary/aromatic N) is 1. The molecule has 1 aromatic rings. The molecule has 11 nitrogen and oxygen atoms in total. The van der Waals surface area contributed by atoms with Crippen LogP contribution in [0.4, 0.5) is 4.79 Å². The van der Waals surface area contributed by atoms with Gasteiger partial charge in [0, 0.05) is 6.54 Å². The number of carbonyl (C=O) groups is 5. The minimum absolute atomic E-state index is 0.120. The van der Waals surface area contributed by atoms with Gasteiger partial charge < -0.3 is 30.7 Å². The smallest absolute Gasteiger partial charge is 0.408 e. The molecule has 0 saturated heterocycles. The van der Waals surface area contributed by atoms with E-state index >= 15 is 0 Å². The summed E-state index contributed by atoms with van der Waals surface area (Å²) in [5.41, 5.74) is 5.75. The van der Waals surface area contributed by atoms with Gasteiger partial charge in [-0.05, 0) is 45.2 Å². The minimum atomic E-state index is -1.37. The van der Waals surface area contributed by atoms with Gasteiger partial charge in [-0.15, -0.1) is 0 Å². The van der Waals surface area contributed by atoms with Gasteiger partial charge in [0.05, 0.1) is 13.5 Å². The van der Waals surface area contributed by atoms with E-state index in [1.54, 1.807) is 52.0 Å². The van der Waals surface area contributed by atoms with Crippen molar-refractivity contribution in [2.45, 2.75) is 65.1 Å². The summed E-state index contributed by atoms with van der Waals surface area (Å²) in [7, 11) is 1.19. The van der Waals surface area contributed by atoms with E-state index in [9.17, 15) is 24.0 Å². The predicted octanol–water partition coefficient (Wildman–Crippen LogP) is 1.33. The van der Waals surface area contributed by atoms with Crippen LogP contribution in [0.1, 0.15) is 57.7 Å². The van der Waals surface area contributed by atoms with Gasteiger partial charge in [0.25, 0.3) is 0 Å². The Morgan fingerprint density at radius 3 is 2.26 bits per heavy atom. The summed E-state index contributed by atoms with van der Waals surface area (Å²) >= 11 is 0. The van der Waals surface area contributed by atoms with Crippen LogP contribution in [0.15, 0.2) is 24.3 Å². The van der Waals surface area contributed by atoms with Crippen molar-refractivity contribution in [2.75, 3.05) is 20.2 Å². The normalized spacial score (nSPS) is 12.6. The Hall–Kier alpha value is -3.63. The number of ether oxygens (including phenoxy) is 2. The quantitative estimate of drug-likeness (QED) is 0.393. The fraction of sp³-hybridized carbons (Fsp3) is 0.542. The van der Waals surface area contributed by atoms with Crippen LogP contribution in [0, 0.1) is 6.92 Å². The Morgan fingerprint density at radius 1 is 1.11 bits per heavy atom. The molecule has 11 heteroatoms. The molecule has 2 atom stereocenters. The van der Waals surface area contributed by atoms with Crippen LogP contribution < -0.4 is 16.4 Å². The van der Waals surface area contributed by atoms with Crippen molar-refractivity contribution in [1.82, 2.24) is 15.5 Å². The van der Waals surface area contributed by atoms with Crippen LogP contribution >= 0.6 is 0 Å². The average Bonchev–Trinajstić information content (AvgIpc) is 2.75. The van der Waals surface area contributed by atoms with Crippen LogP contribution in [0.3, 0.4) is 0 Å². The van der Waals surface area contributed by atoms with Crippen molar-refractivity contribution in [1.29, 1.82) is 0 Å². The largest absolute Gasteiger partial charge is 0.468 e. The van der Waals surface area contributed by atoms with Crippen molar-refractivity contribution in [3.63, 3.8) is 0 Å². The molecule has 0 aromatic heterocycles. The zero-order valence-electron chi connectivity index (χ0n) is 21.2. The lowest BCUT2D eigenvalue weighted by Gasteiger charge is -2.34. The third-order valence-electron chi connectivity index (χ3n) is 4.82. The number of hydrogen-bond acceptors (Lipinski definition) is 7. The minimum Gasteiger partial charge on any atom is -0.468 e. The highest BCUT2D eigenvalue weighted by Gasteiger charge is 2.37. The molecule has 2 unspecified atom stereocenters. The maximum Gasteiger partial charge on any atom is 0.408 e. The number of amides is 4. The first-order chi connectivity index (χ1) is 16.3. The number of nitrogens with one attached hydrogen (secondary N) is 2. The Labute approximate surface area is 205 Å². The van der Waals surface area contributed by atoms with Gasteiger partial charge in [0.2, 0.25) is 17.7 Å². The van der Waals surface area contributed by atoms with Crippen molar-refractivity contribution in [2.24, 2.45) is 5.73 Å². The Bertz CT molecular complexity index is 927. The first-order valence-electron chi connectivity index (χ1n) is 11.3. The highest BCUT2D eigenvalue weighted by atomic mass is 16.6. The second-order valence-corrected chi connectivity index (χ2v) is 8.95. The van der Waals surface area contributed by atoms with Crippen molar-refractivity contribution in [3.8, 4) is 0 Å². The number of benzene rings is 1. The SMILES string of the molecule is CCCN(C(=O)C(CC(N)=O)NC(=O)OC(C)(C)C)C(C(=O)NCC(=O)OC)c1ccccc1C. The number of primary amides is 1. The van der Waals surface area contributed by atoms with E-state index in [1.807, 2.05) is 6.92 Å². The molecular formula is C24H36N4O7. The summed E-state index contributed by atoms with van der Waals surface area (Å²) in [5.74, 6) is -2.80. The van der Waals surface area contributed by atoms with Crippen LogP contribution in [-0.2, 0) is 28.7 Å². The summed E-state index contributed by atoms with van der Waals surface area (Å²) in [6, 6.07) is 4.46. The second-order valence-electron chi connectivity index (χ2n) is 8.95. The third-order valence-corrected chi connectivity index (χ3v) is 4.82. The monoisotopic (exact) mass is 492 g/mol. The lowest BCUT2D eigenvalue weighted by atomic mass is 9.97. The van der Waals surface area contributed by atoms with Gasteiger partial charge in [-0.3, -0.25) is 19.2 Å². The van der Waals surface area contributed by atoms with Crippen LogP contribution in [0.2, 0.25) is 0 Å². The Balaban J connectivity index is 3.43. The van der Waals surface area contributed by atoms with Gasteiger partial charge in [-0.25, -0.2) is 4.79 Å². The van der Waals surface area contributed by atoms with E-state index in [0.29, 0.717) is 12.0 Å². The van der Waals surface area contributed by atoms with E-state index in [2.05, 4.69) is 15.4 Å². The second kappa shape index (κ2) is 13.3. The van der Waals surface area contributed by atoms with Gasteiger partial charge >= 0.3 is 12.1 Å². The van der Waals surface area contributed by atoms with E-state index in [-0.39, 0.29) is 6.54 Å². The number of hydrogen-bond donors (Lipinski definition) is 3. The van der Waals surface area contributed by atoms with E-state index < -0.39 is 60.4 Å². The molecule has 0 aliphatic heterocycles. The van der Waals surface area contributed by atoms with E-state index in [0.717, 1.165) is 5.56 Å². The highest BCUT2D eigenvalue weighted by molar-refractivity contribution is 5.95. The average molecular weight is 493 g/mol. The molecule has 0 spiro atoms. The fourth-order valence-electron chi connectivity index (χ4n) is 3.33. The van der Waals surface area contributed by atoms with Crippen molar-refractivity contribution in [3.05, 3.63) is 35.4 Å². The van der Waals surface area contributed by atoms with Crippen LogP contribution in [-0.4, -0.2) is 66.5 Å². The number of methoxy groups -OCH3 is 1. The Morgan fingerprint density at radius 2 is 1.74 bits per heavy atom. The molecule has 35 heavy (non-hydrogen) atoms.